The molecule has 24 heavy (non-hydrogen) atoms. The first-order chi connectivity index (χ1) is 11.7. The molecule has 0 radical (unpaired) electrons. The van der Waals surface area contributed by atoms with Crippen molar-refractivity contribution in [2.24, 2.45) is 11.8 Å². The minimum Gasteiger partial charge on any atom is -0.338 e. The van der Waals surface area contributed by atoms with Crippen molar-refractivity contribution >= 4 is 5.91 Å². The van der Waals surface area contributed by atoms with Crippen molar-refractivity contribution in [2.45, 2.75) is 39.2 Å². The number of aryl methyl sites for hydroxylation is 1. The van der Waals surface area contributed by atoms with Crippen LogP contribution in [0, 0.1) is 18.8 Å². The first kappa shape index (κ1) is 15.4. The molecular weight excluding hydrogens is 300 g/mol. The Bertz CT molecular complexity index is 720. The van der Waals surface area contributed by atoms with Crippen LogP contribution < -0.4 is 0 Å². The topological polar surface area (TPSA) is 51.0 Å². The van der Waals surface area contributed by atoms with Crippen LogP contribution in [-0.2, 0) is 13.0 Å². The predicted octanol–water partition coefficient (Wildman–Crippen LogP) is 2.70. The summed E-state index contributed by atoms with van der Waals surface area (Å²) >= 11 is 0. The molecule has 0 unspecified atom stereocenters. The van der Waals surface area contributed by atoms with E-state index in [0.29, 0.717) is 5.92 Å². The molecule has 2 fully saturated rings. The molecule has 2 aromatic heterocycles. The summed E-state index contributed by atoms with van der Waals surface area (Å²) in [6, 6.07) is 3.59. The van der Waals surface area contributed by atoms with Crippen LogP contribution in [0.4, 0.5) is 0 Å². The third kappa shape index (κ3) is 3.21. The number of carbonyl (C=O) groups is 1. The number of pyridine rings is 1. The molecule has 126 valence electrons. The highest BCUT2D eigenvalue weighted by atomic mass is 16.2. The number of rotatable bonds is 5. The third-order valence-electron chi connectivity index (χ3n) is 5.25. The minimum absolute atomic E-state index is 0.123. The van der Waals surface area contributed by atoms with E-state index in [0.717, 1.165) is 44.0 Å². The van der Waals surface area contributed by atoms with E-state index in [1.165, 1.54) is 24.4 Å². The van der Waals surface area contributed by atoms with Crippen LogP contribution in [0.3, 0.4) is 0 Å². The minimum atomic E-state index is 0.123. The van der Waals surface area contributed by atoms with Crippen LogP contribution in [0.2, 0.25) is 0 Å². The van der Waals surface area contributed by atoms with Gasteiger partial charge < -0.3 is 9.47 Å². The second kappa shape index (κ2) is 6.38. The summed E-state index contributed by atoms with van der Waals surface area (Å²) in [6.45, 7) is 4.94. The number of nitrogens with zero attached hydrogens (tertiary/aromatic N) is 4. The van der Waals surface area contributed by atoms with Gasteiger partial charge in [0, 0.05) is 55.9 Å². The van der Waals surface area contributed by atoms with Gasteiger partial charge in [-0.25, -0.2) is 4.98 Å². The largest absolute Gasteiger partial charge is 0.338 e. The number of imidazole rings is 1. The normalized spacial score (nSPS) is 20.5. The Morgan fingerprint density at radius 1 is 1.21 bits per heavy atom. The van der Waals surface area contributed by atoms with Crippen molar-refractivity contribution in [2.75, 3.05) is 13.1 Å². The quantitative estimate of drug-likeness (QED) is 0.850. The highest BCUT2D eigenvalue weighted by Gasteiger charge is 2.29. The number of carbonyl (C=O) groups excluding carboxylic acids is 1. The standard InChI is InChI=1S/C19H24N4O/c1-14-11-21-18(23(14)13-15-2-3-15)10-16-6-9-22(12-16)19(24)17-4-7-20-8-5-17/h4-5,7-8,11,15-16H,2-3,6,9-10,12-13H2,1H3/t16-/m1/s1. The second-order valence-corrected chi connectivity index (χ2v) is 7.22. The zero-order chi connectivity index (χ0) is 16.5. The highest BCUT2D eigenvalue weighted by molar-refractivity contribution is 5.94. The zero-order valence-corrected chi connectivity index (χ0v) is 14.2. The van der Waals surface area contributed by atoms with E-state index in [1.807, 2.05) is 11.1 Å². The number of hydrogen-bond donors (Lipinski definition) is 0. The molecule has 5 nitrogen and oxygen atoms in total. The van der Waals surface area contributed by atoms with E-state index >= 15 is 0 Å². The first-order valence-electron chi connectivity index (χ1n) is 8.91. The van der Waals surface area contributed by atoms with E-state index in [1.54, 1.807) is 24.5 Å². The fraction of sp³-hybridized carbons (Fsp3) is 0.526. The molecule has 1 saturated heterocycles. The van der Waals surface area contributed by atoms with Crippen molar-refractivity contribution in [1.29, 1.82) is 0 Å². The monoisotopic (exact) mass is 324 g/mol. The Balaban J connectivity index is 1.40. The van der Waals surface area contributed by atoms with Crippen molar-refractivity contribution in [1.82, 2.24) is 19.4 Å². The van der Waals surface area contributed by atoms with E-state index in [4.69, 9.17) is 0 Å². The maximum absolute atomic E-state index is 12.5. The molecule has 0 N–H and O–H groups in total. The van der Waals surface area contributed by atoms with Crippen molar-refractivity contribution in [3.05, 3.63) is 47.8 Å². The van der Waals surface area contributed by atoms with Crippen LogP contribution in [0.25, 0.3) is 0 Å². The van der Waals surface area contributed by atoms with E-state index < -0.39 is 0 Å². The average Bonchev–Trinajstić information content (AvgIpc) is 3.21. The van der Waals surface area contributed by atoms with Gasteiger partial charge in [0.05, 0.1) is 0 Å². The Morgan fingerprint density at radius 3 is 2.75 bits per heavy atom. The number of likely N-dealkylation sites (tertiary alicyclic amines) is 1. The summed E-state index contributed by atoms with van der Waals surface area (Å²) in [5.74, 6) is 2.68. The lowest BCUT2D eigenvalue weighted by molar-refractivity contribution is 0.0787. The van der Waals surface area contributed by atoms with Crippen LogP contribution in [0.5, 0.6) is 0 Å². The van der Waals surface area contributed by atoms with Gasteiger partial charge in [-0.1, -0.05) is 0 Å². The van der Waals surface area contributed by atoms with E-state index in [9.17, 15) is 4.79 Å². The molecule has 5 heteroatoms. The van der Waals surface area contributed by atoms with Gasteiger partial charge >= 0.3 is 0 Å². The lowest BCUT2D eigenvalue weighted by atomic mass is 10.0. The van der Waals surface area contributed by atoms with E-state index in [2.05, 4.69) is 21.5 Å². The summed E-state index contributed by atoms with van der Waals surface area (Å²) in [6.07, 6.45) is 10.1. The lowest BCUT2D eigenvalue weighted by Crippen LogP contribution is -2.29. The fourth-order valence-electron chi connectivity index (χ4n) is 3.60. The SMILES string of the molecule is Cc1cnc(C[C@H]2CCN(C(=O)c3ccncc3)C2)n1CC1CC1. The lowest BCUT2D eigenvalue weighted by Gasteiger charge is -2.17. The average molecular weight is 324 g/mol. The number of hydrogen-bond acceptors (Lipinski definition) is 3. The smallest absolute Gasteiger partial charge is 0.253 e. The molecule has 1 aliphatic carbocycles. The summed E-state index contributed by atoms with van der Waals surface area (Å²) in [5.41, 5.74) is 2.00. The summed E-state index contributed by atoms with van der Waals surface area (Å²) in [7, 11) is 0. The van der Waals surface area contributed by atoms with Crippen LogP contribution in [0.15, 0.2) is 30.7 Å². The third-order valence-corrected chi connectivity index (χ3v) is 5.25. The molecule has 1 aliphatic heterocycles. The van der Waals surface area contributed by atoms with Gasteiger partial charge in [-0.15, -0.1) is 0 Å². The molecule has 1 atom stereocenters. The Kier molecular flexibility index (Phi) is 4.08. The van der Waals surface area contributed by atoms with Crippen molar-refractivity contribution < 1.29 is 4.79 Å². The molecule has 1 saturated carbocycles. The van der Waals surface area contributed by atoms with Gasteiger partial charge in [-0.05, 0) is 50.2 Å². The van der Waals surface area contributed by atoms with Gasteiger partial charge in [0.15, 0.2) is 0 Å². The summed E-state index contributed by atoms with van der Waals surface area (Å²) in [5, 5.41) is 0. The number of aromatic nitrogens is 3. The molecule has 2 aromatic rings. The van der Waals surface area contributed by atoms with Crippen molar-refractivity contribution in [3.63, 3.8) is 0 Å². The maximum Gasteiger partial charge on any atom is 0.253 e. The van der Waals surface area contributed by atoms with Crippen LogP contribution >= 0.6 is 0 Å². The highest BCUT2D eigenvalue weighted by Crippen LogP contribution is 2.32. The fourth-order valence-corrected chi connectivity index (χ4v) is 3.60. The molecular formula is C19H24N4O. The molecule has 2 aliphatic rings. The first-order valence-corrected chi connectivity index (χ1v) is 8.91. The Morgan fingerprint density at radius 2 is 2.00 bits per heavy atom. The molecule has 3 heterocycles. The Labute approximate surface area is 142 Å². The van der Waals surface area contributed by atoms with Gasteiger partial charge in [0.1, 0.15) is 5.82 Å². The van der Waals surface area contributed by atoms with Gasteiger partial charge in [0.2, 0.25) is 0 Å². The summed E-state index contributed by atoms with van der Waals surface area (Å²) < 4.78 is 2.39. The van der Waals surface area contributed by atoms with Gasteiger partial charge in [-0.2, -0.15) is 0 Å². The van der Waals surface area contributed by atoms with Crippen molar-refractivity contribution in [3.8, 4) is 0 Å². The number of amides is 1. The van der Waals surface area contributed by atoms with Crippen LogP contribution in [-0.4, -0.2) is 38.4 Å². The molecule has 4 rings (SSSR count). The van der Waals surface area contributed by atoms with E-state index in [-0.39, 0.29) is 5.91 Å². The van der Waals surface area contributed by atoms with Gasteiger partial charge in [-0.3, -0.25) is 9.78 Å². The predicted molar refractivity (Wildman–Crippen MR) is 91.6 cm³/mol. The Hall–Kier alpha value is -2.17. The molecule has 1 amide bonds. The second-order valence-electron chi connectivity index (χ2n) is 7.22. The van der Waals surface area contributed by atoms with Gasteiger partial charge in [0.25, 0.3) is 5.91 Å². The molecule has 0 spiro atoms. The van der Waals surface area contributed by atoms with Crippen LogP contribution in [0.1, 0.15) is 41.1 Å². The molecule has 0 bridgehead atoms. The zero-order valence-electron chi connectivity index (χ0n) is 14.2. The maximum atomic E-state index is 12.5. The molecule has 0 aromatic carbocycles. The summed E-state index contributed by atoms with van der Waals surface area (Å²) in [4.78, 5) is 23.1.